The molecule has 0 bridgehead atoms. The molecule has 0 atom stereocenters. The van der Waals surface area contributed by atoms with Gasteiger partial charge in [-0.1, -0.05) is 0 Å². The lowest BCUT2D eigenvalue weighted by atomic mass is 10.1. The molecule has 1 aromatic carbocycles. The van der Waals surface area contributed by atoms with Crippen molar-refractivity contribution in [2.24, 2.45) is 0 Å². The van der Waals surface area contributed by atoms with E-state index in [9.17, 15) is 23.3 Å². The molecule has 9 heteroatoms. The standard InChI is InChI=1S/C9H9NO7S/c1-17-9(11)8-3-2-7(10(12)13)4-6(8)5-18(14,15)16/h2-4H,5H2,1H3,(H,14,15,16). The summed E-state index contributed by atoms with van der Waals surface area (Å²) in [5.74, 6) is -1.75. The number of hydrogen-bond donors (Lipinski definition) is 1. The summed E-state index contributed by atoms with van der Waals surface area (Å²) >= 11 is 0. The number of carbonyl (C=O) groups excluding carboxylic acids is 1. The molecule has 0 heterocycles. The molecule has 1 aromatic rings. The van der Waals surface area contributed by atoms with Crippen molar-refractivity contribution in [3.63, 3.8) is 0 Å². The van der Waals surface area contributed by atoms with Crippen molar-refractivity contribution >= 4 is 21.8 Å². The third kappa shape index (κ3) is 3.50. The monoisotopic (exact) mass is 275 g/mol. The molecule has 0 amide bonds. The first kappa shape index (κ1) is 14.1. The number of benzene rings is 1. The van der Waals surface area contributed by atoms with Crippen molar-refractivity contribution in [2.75, 3.05) is 7.11 Å². The molecule has 1 rings (SSSR count). The van der Waals surface area contributed by atoms with Gasteiger partial charge < -0.3 is 4.74 Å². The van der Waals surface area contributed by atoms with Gasteiger partial charge >= 0.3 is 5.97 Å². The van der Waals surface area contributed by atoms with E-state index in [1.807, 2.05) is 0 Å². The van der Waals surface area contributed by atoms with Crippen LogP contribution in [0.1, 0.15) is 15.9 Å². The lowest BCUT2D eigenvalue weighted by Gasteiger charge is -2.06. The Morgan fingerprint density at radius 1 is 1.50 bits per heavy atom. The van der Waals surface area contributed by atoms with Crippen molar-refractivity contribution in [1.82, 2.24) is 0 Å². The van der Waals surface area contributed by atoms with Gasteiger partial charge in [-0.05, 0) is 11.6 Å². The predicted octanol–water partition coefficient (Wildman–Crippen LogP) is 0.769. The topological polar surface area (TPSA) is 124 Å². The Morgan fingerprint density at radius 2 is 2.11 bits per heavy atom. The van der Waals surface area contributed by atoms with Gasteiger partial charge in [-0.25, -0.2) is 4.79 Å². The first-order valence-corrected chi connectivity index (χ1v) is 6.16. The van der Waals surface area contributed by atoms with E-state index < -0.39 is 26.8 Å². The van der Waals surface area contributed by atoms with Crippen molar-refractivity contribution in [3.8, 4) is 0 Å². The van der Waals surface area contributed by atoms with Crippen molar-refractivity contribution < 1.29 is 27.4 Å². The van der Waals surface area contributed by atoms with Gasteiger partial charge in [-0.15, -0.1) is 0 Å². The van der Waals surface area contributed by atoms with E-state index in [-0.39, 0.29) is 16.8 Å². The Bertz CT molecular complexity index is 593. The quantitative estimate of drug-likeness (QED) is 0.372. The van der Waals surface area contributed by atoms with Gasteiger partial charge in [0, 0.05) is 12.1 Å². The summed E-state index contributed by atoms with van der Waals surface area (Å²) in [7, 11) is -3.33. The highest BCUT2D eigenvalue weighted by atomic mass is 32.2. The summed E-state index contributed by atoms with van der Waals surface area (Å²) in [4.78, 5) is 21.1. The van der Waals surface area contributed by atoms with E-state index in [1.165, 1.54) is 0 Å². The molecule has 0 aliphatic heterocycles. The Labute approximate surface area is 102 Å². The number of carbonyl (C=O) groups is 1. The number of non-ortho nitro benzene ring substituents is 1. The van der Waals surface area contributed by atoms with Crippen LogP contribution in [0.2, 0.25) is 0 Å². The number of hydrogen-bond acceptors (Lipinski definition) is 6. The molecule has 0 aliphatic carbocycles. The third-order valence-corrected chi connectivity index (χ3v) is 2.72. The van der Waals surface area contributed by atoms with Gasteiger partial charge in [0.1, 0.15) is 5.75 Å². The minimum absolute atomic E-state index is 0.152. The molecular formula is C9H9NO7S. The fraction of sp³-hybridized carbons (Fsp3) is 0.222. The maximum absolute atomic E-state index is 11.3. The van der Waals surface area contributed by atoms with Gasteiger partial charge in [-0.3, -0.25) is 14.7 Å². The van der Waals surface area contributed by atoms with Crippen molar-refractivity contribution in [2.45, 2.75) is 5.75 Å². The second-order valence-electron chi connectivity index (χ2n) is 3.32. The van der Waals surface area contributed by atoms with E-state index >= 15 is 0 Å². The van der Waals surface area contributed by atoms with Gasteiger partial charge in [0.25, 0.3) is 15.8 Å². The molecule has 0 spiro atoms. The fourth-order valence-electron chi connectivity index (χ4n) is 1.32. The van der Waals surface area contributed by atoms with Gasteiger partial charge in [0.2, 0.25) is 0 Å². The number of nitro groups is 1. The normalized spacial score (nSPS) is 11.0. The van der Waals surface area contributed by atoms with E-state index in [1.54, 1.807) is 0 Å². The molecule has 18 heavy (non-hydrogen) atoms. The molecule has 0 aromatic heterocycles. The molecular weight excluding hydrogens is 266 g/mol. The zero-order chi connectivity index (χ0) is 13.9. The summed E-state index contributed by atoms with van der Waals surface area (Å²) in [6.07, 6.45) is 0. The second kappa shape index (κ2) is 5.10. The molecule has 0 radical (unpaired) electrons. The first-order chi connectivity index (χ1) is 8.24. The molecule has 8 nitrogen and oxygen atoms in total. The molecule has 0 unspecified atom stereocenters. The first-order valence-electron chi connectivity index (χ1n) is 4.55. The second-order valence-corrected chi connectivity index (χ2v) is 4.77. The van der Waals surface area contributed by atoms with Crippen molar-refractivity contribution in [1.29, 1.82) is 0 Å². The van der Waals surface area contributed by atoms with E-state index in [2.05, 4.69) is 4.74 Å². The SMILES string of the molecule is COC(=O)c1ccc([N+](=O)[O-])cc1CS(=O)(=O)O. The lowest BCUT2D eigenvalue weighted by Crippen LogP contribution is -2.10. The molecule has 1 N–H and O–H groups in total. The van der Waals surface area contributed by atoms with Crippen LogP contribution in [0.4, 0.5) is 5.69 Å². The van der Waals surface area contributed by atoms with Gasteiger partial charge in [0.05, 0.1) is 17.6 Å². The number of nitrogens with zero attached hydrogens (tertiary/aromatic N) is 1. The Morgan fingerprint density at radius 3 is 2.56 bits per heavy atom. The average Bonchev–Trinajstić information content (AvgIpc) is 2.25. The highest BCUT2D eigenvalue weighted by Gasteiger charge is 2.20. The largest absolute Gasteiger partial charge is 0.465 e. The van der Waals surface area contributed by atoms with Crippen LogP contribution in [0.25, 0.3) is 0 Å². The third-order valence-electron chi connectivity index (χ3n) is 2.04. The zero-order valence-electron chi connectivity index (χ0n) is 9.19. The number of methoxy groups -OCH3 is 1. The Balaban J connectivity index is 3.35. The maximum Gasteiger partial charge on any atom is 0.338 e. The molecule has 0 saturated heterocycles. The lowest BCUT2D eigenvalue weighted by molar-refractivity contribution is -0.384. The number of rotatable bonds is 4. The number of nitro benzene ring substituents is 1. The molecule has 98 valence electrons. The van der Waals surface area contributed by atoms with Crippen LogP contribution in [0.15, 0.2) is 18.2 Å². The minimum Gasteiger partial charge on any atom is -0.465 e. The molecule has 0 saturated carbocycles. The summed E-state index contributed by atoms with van der Waals surface area (Å²) in [6.45, 7) is 0. The van der Waals surface area contributed by atoms with Crippen LogP contribution in [-0.2, 0) is 20.6 Å². The van der Waals surface area contributed by atoms with E-state index in [0.29, 0.717) is 0 Å². The van der Waals surface area contributed by atoms with Crippen LogP contribution in [0, 0.1) is 10.1 Å². The van der Waals surface area contributed by atoms with Gasteiger partial charge in [-0.2, -0.15) is 8.42 Å². The maximum atomic E-state index is 11.3. The van der Waals surface area contributed by atoms with Crippen LogP contribution < -0.4 is 0 Å². The summed E-state index contributed by atoms with van der Waals surface area (Å²) in [6, 6.07) is 3.02. The van der Waals surface area contributed by atoms with Crippen molar-refractivity contribution in [3.05, 3.63) is 39.4 Å². The van der Waals surface area contributed by atoms with E-state index in [0.717, 1.165) is 25.3 Å². The molecule has 0 aliphatic rings. The van der Waals surface area contributed by atoms with E-state index in [4.69, 9.17) is 4.55 Å². The van der Waals surface area contributed by atoms with Gasteiger partial charge in [0.15, 0.2) is 0 Å². The zero-order valence-corrected chi connectivity index (χ0v) is 10.0. The highest BCUT2D eigenvalue weighted by Crippen LogP contribution is 2.20. The highest BCUT2D eigenvalue weighted by molar-refractivity contribution is 7.85. The summed E-state index contributed by atoms with van der Waals surface area (Å²) in [5.41, 5.74) is -0.736. The average molecular weight is 275 g/mol. The van der Waals surface area contributed by atoms with Crippen LogP contribution in [-0.4, -0.2) is 31.0 Å². The Kier molecular flexibility index (Phi) is 3.99. The molecule has 0 fully saturated rings. The smallest absolute Gasteiger partial charge is 0.338 e. The predicted molar refractivity (Wildman–Crippen MR) is 59.7 cm³/mol. The fourth-order valence-corrected chi connectivity index (χ4v) is 1.95. The summed E-state index contributed by atoms with van der Waals surface area (Å²) in [5, 5.41) is 10.5. The number of esters is 1. The number of ether oxygens (including phenoxy) is 1. The minimum atomic E-state index is -4.41. The summed E-state index contributed by atoms with van der Waals surface area (Å²) < 4.78 is 34.7. The van der Waals surface area contributed by atoms with Crippen LogP contribution in [0.3, 0.4) is 0 Å². The van der Waals surface area contributed by atoms with Crippen LogP contribution >= 0.6 is 0 Å². The Hall–Kier alpha value is -2.00. The van der Waals surface area contributed by atoms with Crippen LogP contribution in [0.5, 0.6) is 0 Å².